The van der Waals surface area contributed by atoms with E-state index in [-0.39, 0.29) is 18.4 Å². The molecule has 23 heavy (non-hydrogen) atoms. The second-order valence-corrected chi connectivity index (χ2v) is 9.08. The topological polar surface area (TPSA) is 63.2 Å². The van der Waals surface area contributed by atoms with Gasteiger partial charge in [0, 0.05) is 13.0 Å². The Bertz CT molecular complexity index is 722. The summed E-state index contributed by atoms with van der Waals surface area (Å²) < 4.78 is 26.1. The first-order chi connectivity index (χ1) is 10.9. The van der Waals surface area contributed by atoms with Crippen molar-refractivity contribution in [3.63, 3.8) is 0 Å². The first-order valence-corrected chi connectivity index (χ1v) is 9.93. The van der Waals surface area contributed by atoms with E-state index in [4.69, 9.17) is 0 Å². The minimum Gasteiger partial charge on any atom is -0.354 e. The Morgan fingerprint density at radius 3 is 2.39 bits per heavy atom. The molecular formula is C17H21NO3S2. The summed E-state index contributed by atoms with van der Waals surface area (Å²) >= 11 is 1.20. The fraction of sp³-hybridized carbons (Fsp3) is 0.353. The van der Waals surface area contributed by atoms with E-state index in [1.807, 2.05) is 32.0 Å². The molecule has 0 spiro atoms. The molecular weight excluding hydrogens is 330 g/mol. The van der Waals surface area contributed by atoms with Gasteiger partial charge in [0.25, 0.3) is 0 Å². The van der Waals surface area contributed by atoms with Gasteiger partial charge in [0.15, 0.2) is 9.84 Å². The average molecular weight is 351 g/mol. The Hall–Kier alpha value is -1.66. The number of hydrogen-bond donors (Lipinski definition) is 1. The van der Waals surface area contributed by atoms with Gasteiger partial charge in [0.05, 0.1) is 0 Å². The van der Waals surface area contributed by atoms with E-state index >= 15 is 0 Å². The third-order valence-electron chi connectivity index (χ3n) is 3.40. The summed E-state index contributed by atoms with van der Waals surface area (Å²) in [7, 11) is -3.53. The Morgan fingerprint density at radius 1 is 1.13 bits per heavy atom. The van der Waals surface area contributed by atoms with Gasteiger partial charge in [-0.25, -0.2) is 8.42 Å². The van der Waals surface area contributed by atoms with Crippen molar-refractivity contribution >= 4 is 27.1 Å². The number of carbonyl (C=O) groups excluding carboxylic acids is 1. The third-order valence-corrected chi connectivity index (χ3v) is 6.93. The molecule has 1 amide bonds. The van der Waals surface area contributed by atoms with Crippen molar-refractivity contribution in [3.05, 3.63) is 53.4 Å². The van der Waals surface area contributed by atoms with Gasteiger partial charge in [-0.1, -0.05) is 50.2 Å². The van der Waals surface area contributed by atoms with Gasteiger partial charge in [0.1, 0.15) is 9.46 Å². The highest BCUT2D eigenvalue weighted by Crippen LogP contribution is 2.31. The fourth-order valence-corrected chi connectivity index (χ4v) is 5.16. The zero-order valence-corrected chi connectivity index (χ0v) is 14.9. The molecule has 1 atom stereocenters. The third kappa shape index (κ3) is 4.65. The molecule has 4 nitrogen and oxygen atoms in total. The lowest BCUT2D eigenvalue weighted by Gasteiger charge is -2.18. The molecule has 0 aliphatic rings. The highest BCUT2D eigenvalue weighted by Gasteiger charge is 2.30. The summed E-state index contributed by atoms with van der Waals surface area (Å²) in [5, 5.41) is 3.73. The van der Waals surface area contributed by atoms with Crippen molar-refractivity contribution in [2.75, 3.05) is 6.54 Å². The lowest BCUT2D eigenvalue weighted by Crippen LogP contribution is -2.32. The predicted molar refractivity (Wildman–Crippen MR) is 93.2 cm³/mol. The van der Waals surface area contributed by atoms with Crippen LogP contribution in [0.4, 0.5) is 0 Å². The average Bonchev–Trinajstić information content (AvgIpc) is 3.02. The molecule has 124 valence electrons. The zero-order chi connectivity index (χ0) is 16.9. The second kappa shape index (κ2) is 7.75. The summed E-state index contributed by atoms with van der Waals surface area (Å²) in [6.07, 6.45) is 0.389. The van der Waals surface area contributed by atoms with Crippen LogP contribution in [0, 0.1) is 5.92 Å². The lowest BCUT2D eigenvalue weighted by atomic mass is 10.1. The van der Waals surface area contributed by atoms with Crippen molar-refractivity contribution < 1.29 is 13.2 Å². The molecule has 2 aromatic rings. The number of amides is 1. The van der Waals surface area contributed by atoms with E-state index < -0.39 is 15.1 Å². The molecule has 0 aliphatic heterocycles. The molecule has 0 bridgehead atoms. The van der Waals surface area contributed by atoms with E-state index in [9.17, 15) is 13.2 Å². The maximum atomic E-state index is 12.9. The number of carbonyl (C=O) groups is 1. The monoisotopic (exact) mass is 351 g/mol. The first kappa shape index (κ1) is 17.7. The van der Waals surface area contributed by atoms with Gasteiger partial charge in [-0.2, -0.15) is 0 Å². The minimum absolute atomic E-state index is 0.0792. The molecule has 0 fully saturated rings. The summed E-state index contributed by atoms with van der Waals surface area (Å²) in [6, 6.07) is 12.3. The van der Waals surface area contributed by atoms with Gasteiger partial charge >= 0.3 is 0 Å². The predicted octanol–water partition coefficient (Wildman–Crippen LogP) is 3.43. The van der Waals surface area contributed by atoms with Crippen LogP contribution in [0.15, 0.2) is 52.1 Å². The number of rotatable bonds is 7. The summed E-state index contributed by atoms with van der Waals surface area (Å²) in [5.41, 5.74) is 0.686. The van der Waals surface area contributed by atoms with Gasteiger partial charge in [-0.15, -0.1) is 11.3 Å². The van der Waals surface area contributed by atoms with Gasteiger partial charge in [0.2, 0.25) is 5.91 Å². The van der Waals surface area contributed by atoms with E-state index in [0.717, 1.165) is 0 Å². The van der Waals surface area contributed by atoms with Crippen LogP contribution < -0.4 is 5.32 Å². The molecule has 0 saturated heterocycles. The van der Waals surface area contributed by atoms with Crippen LogP contribution in [0.1, 0.15) is 31.1 Å². The van der Waals surface area contributed by atoms with Crippen LogP contribution in [-0.2, 0) is 14.6 Å². The van der Waals surface area contributed by atoms with Crippen molar-refractivity contribution in [2.45, 2.75) is 29.7 Å². The Kier molecular flexibility index (Phi) is 5.96. The molecule has 0 radical (unpaired) electrons. The number of sulfone groups is 1. The number of thiophene rings is 1. The number of benzene rings is 1. The Morgan fingerprint density at radius 2 is 1.83 bits per heavy atom. The zero-order valence-electron chi connectivity index (χ0n) is 13.2. The second-order valence-electron chi connectivity index (χ2n) is 5.78. The van der Waals surface area contributed by atoms with Crippen molar-refractivity contribution in [3.8, 4) is 0 Å². The summed E-state index contributed by atoms with van der Waals surface area (Å²) in [6.45, 7) is 3.99. The molecule has 1 heterocycles. The quantitative estimate of drug-likeness (QED) is 0.831. The molecule has 1 aromatic heterocycles. The Balaban J connectivity index is 2.25. The normalized spacial score (nSPS) is 13.0. The standard InChI is InChI=1S/C17H21NO3S2/c1-13(2)11-16(19)18-12-15(14-7-4-3-5-8-14)23(20,21)17-9-6-10-22-17/h3-10,13,15H,11-12H2,1-2H3,(H,18,19)/t15-/m1/s1. The van der Waals surface area contributed by atoms with E-state index in [1.165, 1.54) is 11.3 Å². The minimum atomic E-state index is -3.53. The van der Waals surface area contributed by atoms with Crippen LogP contribution in [-0.4, -0.2) is 20.9 Å². The molecule has 0 aliphatic carbocycles. The molecule has 0 saturated carbocycles. The lowest BCUT2D eigenvalue weighted by molar-refractivity contribution is -0.121. The van der Waals surface area contributed by atoms with E-state index in [0.29, 0.717) is 16.2 Å². The van der Waals surface area contributed by atoms with Crippen molar-refractivity contribution in [2.24, 2.45) is 5.92 Å². The SMILES string of the molecule is CC(C)CC(=O)NC[C@H](c1ccccc1)S(=O)(=O)c1cccs1. The maximum absolute atomic E-state index is 12.9. The fourth-order valence-electron chi connectivity index (χ4n) is 2.29. The van der Waals surface area contributed by atoms with Crippen LogP contribution in [0.5, 0.6) is 0 Å². The summed E-state index contributed by atoms with van der Waals surface area (Å²) in [5.74, 6) is 0.112. The molecule has 1 aromatic carbocycles. The van der Waals surface area contributed by atoms with Crippen molar-refractivity contribution in [1.82, 2.24) is 5.32 Å². The smallest absolute Gasteiger partial charge is 0.220 e. The van der Waals surface area contributed by atoms with E-state index in [1.54, 1.807) is 29.6 Å². The van der Waals surface area contributed by atoms with Gasteiger partial charge in [-0.05, 0) is 22.9 Å². The van der Waals surface area contributed by atoms with Crippen LogP contribution >= 0.6 is 11.3 Å². The largest absolute Gasteiger partial charge is 0.354 e. The first-order valence-electron chi connectivity index (χ1n) is 7.50. The number of hydrogen-bond acceptors (Lipinski definition) is 4. The van der Waals surface area contributed by atoms with E-state index in [2.05, 4.69) is 5.32 Å². The highest BCUT2D eigenvalue weighted by molar-refractivity contribution is 7.93. The molecule has 2 rings (SSSR count). The summed E-state index contributed by atoms with van der Waals surface area (Å²) in [4.78, 5) is 11.9. The van der Waals surface area contributed by atoms with Crippen LogP contribution in [0.2, 0.25) is 0 Å². The molecule has 1 N–H and O–H groups in total. The van der Waals surface area contributed by atoms with Gasteiger partial charge < -0.3 is 5.32 Å². The van der Waals surface area contributed by atoms with Gasteiger partial charge in [-0.3, -0.25) is 4.79 Å². The number of nitrogens with one attached hydrogen (secondary N) is 1. The molecule has 6 heteroatoms. The molecule has 0 unspecified atom stereocenters. The van der Waals surface area contributed by atoms with Crippen LogP contribution in [0.25, 0.3) is 0 Å². The van der Waals surface area contributed by atoms with Crippen molar-refractivity contribution in [1.29, 1.82) is 0 Å². The van der Waals surface area contributed by atoms with Crippen LogP contribution in [0.3, 0.4) is 0 Å². The highest BCUT2D eigenvalue weighted by atomic mass is 32.2. The maximum Gasteiger partial charge on any atom is 0.220 e. The Labute approximate surface area is 141 Å².